The number of benzene rings is 1. The van der Waals surface area contributed by atoms with Gasteiger partial charge in [0.25, 0.3) is 0 Å². The number of pyridine rings is 1. The average Bonchev–Trinajstić information content (AvgIpc) is 2.98. The summed E-state index contributed by atoms with van der Waals surface area (Å²) in [4.78, 5) is 5.41. The standard InChI is InChI=1S/C17H16FNO2S/c1-20-14-5-3-12-9-15(22-16(12)10-14)13-4-6-17(19-11-13)21-8-2-7-18/h3-6,9-11H,2,7-8H2,1H3. The molecule has 0 atom stereocenters. The van der Waals surface area contributed by atoms with Crippen LogP contribution in [0.5, 0.6) is 11.6 Å². The second-order valence-corrected chi connectivity index (χ2v) is 5.87. The fourth-order valence-corrected chi connectivity index (χ4v) is 3.20. The molecule has 0 fully saturated rings. The third-order valence-corrected chi connectivity index (χ3v) is 4.42. The number of ether oxygens (including phenoxy) is 2. The van der Waals surface area contributed by atoms with E-state index in [1.54, 1.807) is 24.6 Å². The number of hydrogen-bond acceptors (Lipinski definition) is 4. The second-order valence-electron chi connectivity index (χ2n) is 4.79. The fraction of sp³-hybridized carbons (Fsp3) is 0.235. The molecule has 0 aliphatic carbocycles. The second kappa shape index (κ2) is 6.75. The van der Waals surface area contributed by atoms with Gasteiger partial charge in [0.2, 0.25) is 5.88 Å². The van der Waals surface area contributed by atoms with Crippen molar-refractivity contribution in [2.45, 2.75) is 6.42 Å². The maximum Gasteiger partial charge on any atom is 0.213 e. The van der Waals surface area contributed by atoms with Gasteiger partial charge in [-0.25, -0.2) is 4.98 Å². The number of methoxy groups -OCH3 is 1. The molecule has 0 saturated heterocycles. The Kier molecular flexibility index (Phi) is 4.53. The largest absolute Gasteiger partial charge is 0.497 e. The van der Waals surface area contributed by atoms with Gasteiger partial charge in [-0.05, 0) is 35.7 Å². The van der Waals surface area contributed by atoms with Gasteiger partial charge in [-0.2, -0.15) is 0 Å². The van der Waals surface area contributed by atoms with Gasteiger partial charge in [-0.1, -0.05) is 0 Å². The number of thiophene rings is 1. The monoisotopic (exact) mass is 317 g/mol. The normalized spacial score (nSPS) is 10.8. The summed E-state index contributed by atoms with van der Waals surface area (Å²) in [6, 6.07) is 12.0. The van der Waals surface area contributed by atoms with E-state index in [0.717, 1.165) is 16.2 Å². The third-order valence-electron chi connectivity index (χ3n) is 3.28. The topological polar surface area (TPSA) is 31.4 Å². The van der Waals surface area contributed by atoms with E-state index in [1.165, 1.54) is 10.1 Å². The predicted octanol–water partition coefficient (Wildman–Crippen LogP) is 4.71. The molecule has 3 rings (SSSR count). The maximum atomic E-state index is 12.0. The van der Waals surface area contributed by atoms with E-state index in [4.69, 9.17) is 9.47 Å². The molecule has 3 aromatic rings. The highest BCUT2D eigenvalue weighted by Gasteiger charge is 2.06. The van der Waals surface area contributed by atoms with Crippen molar-refractivity contribution in [1.82, 2.24) is 4.98 Å². The van der Waals surface area contributed by atoms with Crippen LogP contribution in [0, 0.1) is 0 Å². The predicted molar refractivity (Wildman–Crippen MR) is 87.7 cm³/mol. The number of halogens is 1. The minimum Gasteiger partial charge on any atom is -0.497 e. The SMILES string of the molecule is COc1ccc2cc(-c3ccc(OCCCF)nc3)sc2c1. The van der Waals surface area contributed by atoms with Gasteiger partial charge in [-0.3, -0.25) is 4.39 Å². The van der Waals surface area contributed by atoms with Crippen LogP contribution in [0.25, 0.3) is 20.5 Å². The summed E-state index contributed by atoms with van der Waals surface area (Å²) in [5.41, 5.74) is 1.04. The molecule has 0 saturated carbocycles. The molecule has 0 bridgehead atoms. The van der Waals surface area contributed by atoms with Crippen LogP contribution in [-0.2, 0) is 0 Å². The van der Waals surface area contributed by atoms with Gasteiger partial charge >= 0.3 is 0 Å². The molecule has 0 radical (unpaired) electrons. The number of rotatable bonds is 6. The fourth-order valence-electron chi connectivity index (χ4n) is 2.12. The Hall–Kier alpha value is -2.14. The summed E-state index contributed by atoms with van der Waals surface area (Å²) in [6.45, 7) is -0.0190. The minimum atomic E-state index is -0.372. The Morgan fingerprint density at radius 3 is 2.82 bits per heavy atom. The molecule has 22 heavy (non-hydrogen) atoms. The summed E-state index contributed by atoms with van der Waals surface area (Å²) in [5, 5.41) is 1.18. The Bertz CT molecular complexity index is 755. The molecule has 2 aromatic heterocycles. The number of fused-ring (bicyclic) bond motifs is 1. The number of aromatic nitrogens is 1. The molecule has 1 aromatic carbocycles. The Morgan fingerprint density at radius 1 is 1.18 bits per heavy atom. The van der Waals surface area contributed by atoms with Gasteiger partial charge in [0.05, 0.1) is 20.4 Å². The van der Waals surface area contributed by atoms with E-state index in [1.807, 2.05) is 24.3 Å². The third kappa shape index (κ3) is 3.20. The van der Waals surface area contributed by atoms with Crippen molar-refractivity contribution >= 4 is 21.4 Å². The van der Waals surface area contributed by atoms with Crippen LogP contribution in [0.3, 0.4) is 0 Å². The van der Waals surface area contributed by atoms with E-state index in [2.05, 4.69) is 17.1 Å². The zero-order valence-corrected chi connectivity index (χ0v) is 13.0. The molecule has 2 heterocycles. The first kappa shape index (κ1) is 14.8. The highest BCUT2D eigenvalue weighted by molar-refractivity contribution is 7.22. The van der Waals surface area contributed by atoms with E-state index >= 15 is 0 Å². The number of hydrogen-bond donors (Lipinski definition) is 0. The van der Waals surface area contributed by atoms with Crippen LogP contribution in [0.1, 0.15) is 6.42 Å². The average molecular weight is 317 g/mol. The van der Waals surface area contributed by atoms with Crippen molar-refractivity contribution < 1.29 is 13.9 Å². The molecule has 0 unspecified atom stereocenters. The molecule has 0 aliphatic heterocycles. The highest BCUT2D eigenvalue weighted by atomic mass is 32.1. The van der Waals surface area contributed by atoms with Crippen molar-refractivity contribution in [2.75, 3.05) is 20.4 Å². The summed E-state index contributed by atoms with van der Waals surface area (Å²) >= 11 is 1.70. The quantitative estimate of drug-likeness (QED) is 0.617. The highest BCUT2D eigenvalue weighted by Crippen LogP contribution is 2.35. The summed E-state index contributed by atoms with van der Waals surface area (Å²) < 4.78 is 23.8. The van der Waals surface area contributed by atoms with Gasteiger partial charge in [0.1, 0.15) is 5.75 Å². The maximum absolute atomic E-state index is 12.0. The molecular formula is C17H16FNO2S. The Labute approximate surface area is 132 Å². The minimum absolute atomic E-state index is 0.353. The van der Waals surface area contributed by atoms with Crippen molar-refractivity contribution in [3.05, 3.63) is 42.6 Å². The zero-order chi connectivity index (χ0) is 15.4. The molecule has 3 nitrogen and oxygen atoms in total. The number of alkyl halides is 1. The number of nitrogens with zero attached hydrogens (tertiary/aromatic N) is 1. The summed E-state index contributed by atoms with van der Waals surface area (Å²) in [6.07, 6.45) is 2.17. The van der Waals surface area contributed by atoms with E-state index in [9.17, 15) is 4.39 Å². The Balaban J connectivity index is 1.81. The molecule has 0 amide bonds. The van der Waals surface area contributed by atoms with Crippen molar-refractivity contribution in [2.24, 2.45) is 0 Å². The van der Waals surface area contributed by atoms with Crippen LogP contribution in [-0.4, -0.2) is 25.4 Å². The van der Waals surface area contributed by atoms with Crippen LogP contribution < -0.4 is 9.47 Å². The molecule has 5 heteroatoms. The first-order valence-electron chi connectivity index (χ1n) is 7.03. The van der Waals surface area contributed by atoms with E-state index in [0.29, 0.717) is 18.9 Å². The zero-order valence-electron chi connectivity index (χ0n) is 12.2. The van der Waals surface area contributed by atoms with Crippen molar-refractivity contribution in [1.29, 1.82) is 0 Å². The molecule has 114 valence electrons. The smallest absolute Gasteiger partial charge is 0.213 e. The van der Waals surface area contributed by atoms with Gasteiger partial charge < -0.3 is 9.47 Å². The van der Waals surface area contributed by atoms with Gasteiger partial charge in [0.15, 0.2) is 0 Å². The van der Waals surface area contributed by atoms with Gasteiger partial charge in [0, 0.05) is 33.8 Å². The van der Waals surface area contributed by atoms with Crippen LogP contribution >= 0.6 is 11.3 Å². The summed E-state index contributed by atoms with van der Waals surface area (Å²) in [5.74, 6) is 1.38. The van der Waals surface area contributed by atoms with Crippen LogP contribution in [0.4, 0.5) is 4.39 Å². The lowest BCUT2D eigenvalue weighted by Gasteiger charge is -2.03. The van der Waals surface area contributed by atoms with E-state index in [-0.39, 0.29) is 6.67 Å². The van der Waals surface area contributed by atoms with Crippen LogP contribution in [0.15, 0.2) is 42.6 Å². The first-order chi connectivity index (χ1) is 10.8. The lowest BCUT2D eigenvalue weighted by atomic mass is 10.2. The van der Waals surface area contributed by atoms with Crippen molar-refractivity contribution in [3.8, 4) is 22.1 Å². The lowest BCUT2D eigenvalue weighted by Crippen LogP contribution is -1.99. The van der Waals surface area contributed by atoms with Crippen molar-refractivity contribution in [3.63, 3.8) is 0 Å². The van der Waals surface area contributed by atoms with Gasteiger partial charge in [-0.15, -0.1) is 11.3 Å². The molecule has 0 aliphatic rings. The Morgan fingerprint density at radius 2 is 2.09 bits per heavy atom. The molecule has 0 N–H and O–H groups in total. The summed E-state index contributed by atoms with van der Waals surface area (Å²) in [7, 11) is 1.67. The first-order valence-corrected chi connectivity index (χ1v) is 7.84. The van der Waals surface area contributed by atoms with Crippen LogP contribution in [0.2, 0.25) is 0 Å². The van der Waals surface area contributed by atoms with E-state index < -0.39 is 0 Å². The molecular weight excluding hydrogens is 301 g/mol. The lowest BCUT2D eigenvalue weighted by molar-refractivity contribution is 0.280. The molecule has 0 spiro atoms.